The number of benzene rings is 1. The second-order valence-electron chi connectivity index (χ2n) is 3.95. The average molecular weight is 325 g/mol. The Morgan fingerprint density at radius 2 is 2.12 bits per heavy atom. The molecule has 0 heterocycles. The summed E-state index contributed by atoms with van der Waals surface area (Å²) < 4.78 is 35.2. The van der Waals surface area contributed by atoms with Gasteiger partial charge in [0.05, 0.1) is 6.10 Å². The Morgan fingerprint density at radius 3 is 2.65 bits per heavy atom. The predicted molar refractivity (Wildman–Crippen MR) is 68.0 cm³/mol. The van der Waals surface area contributed by atoms with Crippen LogP contribution in [0.25, 0.3) is 0 Å². The molecule has 3 nitrogen and oxygen atoms in total. The molecule has 1 aromatic carbocycles. The van der Waals surface area contributed by atoms with Crippen LogP contribution < -0.4 is 0 Å². The lowest BCUT2D eigenvalue weighted by Gasteiger charge is -2.12. The highest BCUT2D eigenvalue weighted by atomic mass is 79.9. The van der Waals surface area contributed by atoms with Crippen LogP contribution in [0.3, 0.4) is 0 Å². The molecule has 1 aromatic rings. The Morgan fingerprint density at radius 1 is 1.47 bits per heavy atom. The number of hydrogen-bond donors (Lipinski definition) is 1. The summed E-state index contributed by atoms with van der Waals surface area (Å²) in [5, 5.41) is 9.84. The van der Waals surface area contributed by atoms with Crippen molar-refractivity contribution >= 4 is 25.8 Å². The molecule has 0 saturated carbocycles. The van der Waals surface area contributed by atoms with Crippen molar-refractivity contribution in [2.24, 2.45) is 0 Å². The van der Waals surface area contributed by atoms with Crippen molar-refractivity contribution in [3.63, 3.8) is 0 Å². The topological polar surface area (TPSA) is 54.4 Å². The van der Waals surface area contributed by atoms with E-state index in [1.165, 1.54) is 18.2 Å². The van der Waals surface area contributed by atoms with E-state index in [1.54, 1.807) is 0 Å². The standard InChI is InChI=1S/C11H14BrFO3S/c1-17(15,16)6-2-3-11(14)9-5-4-8(13)7-10(9)12/h4-5,7,11,14H,2-3,6H2,1H3. The van der Waals surface area contributed by atoms with Crippen molar-refractivity contribution in [1.82, 2.24) is 0 Å². The molecule has 0 aromatic heterocycles. The van der Waals surface area contributed by atoms with Crippen LogP contribution >= 0.6 is 15.9 Å². The van der Waals surface area contributed by atoms with Gasteiger partial charge in [-0.1, -0.05) is 22.0 Å². The lowest BCUT2D eigenvalue weighted by molar-refractivity contribution is 0.166. The van der Waals surface area contributed by atoms with Crippen LogP contribution in [0.15, 0.2) is 22.7 Å². The second-order valence-corrected chi connectivity index (χ2v) is 7.07. The third-order valence-corrected chi connectivity index (χ3v) is 4.03. The summed E-state index contributed by atoms with van der Waals surface area (Å²) in [6, 6.07) is 4.03. The van der Waals surface area contributed by atoms with Crippen molar-refractivity contribution in [3.8, 4) is 0 Å². The molecule has 0 radical (unpaired) electrons. The highest BCUT2D eigenvalue weighted by molar-refractivity contribution is 9.10. The van der Waals surface area contributed by atoms with Gasteiger partial charge in [0.15, 0.2) is 0 Å². The monoisotopic (exact) mass is 324 g/mol. The Hall–Kier alpha value is -0.460. The molecule has 0 saturated heterocycles. The van der Waals surface area contributed by atoms with Gasteiger partial charge in [-0.2, -0.15) is 0 Å². The fourth-order valence-corrected chi connectivity index (χ4v) is 2.77. The van der Waals surface area contributed by atoms with E-state index in [-0.39, 0.29) is 11.6 Å². The van der Waals surface area contributed by atoms with Crippen molar-refractivity contribution < 1.29 is 17.9 Å². The first kappa shape index (κ1) is 14.6. The van der Waals surface area contributed by atoms with Gasteiger partial charge in [0.2, 0.25) is 0 Å². The molecule has 1 unspecified atom stereocenters. The first-order chi connectivity index (χ1) is 7.79. The Bertz CT molecular complexity index is 487. The van der Waals surface area contributed by atoms with E-state index in [0.717, 1.165) is 6.26 Å². The summed E-state index contributed by atoms with van der Waals surface area (Å²) in [6.07, 6.45) is 1.08. The lowest BCUT2D eigenvalue weighted by atomic mass is 10.1. The SMILES string of the molecule is CS(=O)(=O)CCCC(O)c1ccc(F)cc1Br. The fraction of sp³-hybridized carbons (Fsp3) is 0.455. The molecule has 1 atom stereocenters. The van der Waals surface area contributed by atoms with Gasteiger partial charge in [-0.25, -0.2) is 12.8 Å². The molecular formula is C11H14BrFO3S. The number of aliphatic hydroxyl groups is 1. The Kier molecular flexibility index (Phi) is 5.09. The van der Waals surface area contributed by atoms with E-state index in [1.807, 2.05) is 0 Å². The van der Waals surface area contributed by atoms with Gasteiger partial charge in [0.25, 0.3) is 0 Å². The summed E-state index contributed by atoms with van der Waals surface area (Å²) in [7, 11) is -3.00. The number of hydrogen-bond acceptors (Lipinski definition) is 3. The number of sulfone groups is 1. The third kappa shape index (κ3) is 5.14. The fourth-order valence-electron chi connectivity index (χ4n) is 1.47. The molecule has 17 heavy (non-hydrogen) atoms. The second kappa shape index (κ2) is 5.93. The quantitative estimate of drug-likeness (QED) is 0.905. The largest absolute Gasteiger partial charge is 0.388 e. The van der Waals surface area contributed by atoms with Gasteiger partial charge in [-0.15, -0.1) is 0 Å². The zero-order valence-electron chi connectivity index (χ0n) is 9.36. The summed E-state index contributed by atoms with van der Waals surface area (Å²) in [5.41, 5.74) is 0.569. The van der Waals surface area contributed by atoms with Crippen LogP contribution in [0.5, 0.6) is 0 Å². The van der Waals surface area contributed by atoms with E-state index in [2.05, 4.69) is 15.9 Å². The van der Waals surface area contributed by atoms with Gasteiger partial charge < -0.3 is 5.11 Å². The normalized spacial score (nSPS) is 13.6. The third-order valence-electron chi connectivity index (χ3n) is 2.31. The summed E-state index contributed by atoms with van der Waals surface area (Å²) in [4.78, 5) is 0. The summed E-state index contributed by atoms with van der Waals surface area (Å²) >= 11 is 3.16. The average Bonchev–Trinajstić information content (AvgIpc) is 2.15. The number of rotatable bonds is 5. The van der Waals surface area contributed by atoms with E-state index in [4.69, 9.17) is 0 Å². The smallest absolute Gasteiger partial charge is 0.147 e. The minimum absolute atomic E-state index is 0.0445. The Balaban J connectivity index is 2.61. The van der Waals surface area contributed by atoms with Gasteiger partial charge in [-0.05, 0) is 30.5 Å². The van der Waals surface area contributed by atoms with Crippen LogP contribution in [-0.4, -0.2) is 25.5 Å². The predicted octanol–water partition coefficient (Wildman–Crippen LogP) is 2.45. The van der Waals surface area contributed by atoms with E-state index in [9.17, 15) is 17.9 Å². The van der Waals surface area contributed by atoms with Crippen molar-refractivity contribution in [3.05, 3.63) is 34.1 Å². The molecule has 0 aliphatic rings. The van der Waals surface area contributed by atoms with Crippen LogP contribution in [0, 0.1) is 5.82 Å². The van der Waals surface area contributed by atoms with Crippen LogP contribution in [0.2, 0.25) is 0 Å². The zero-order chi connectivity index (χ0) is 13.1. The Labute approximate surface area is 109 Å². The minimum atomic E-state index is -3.00. The first-order valence-corrected chi connectivity index (χ1v) is 7.95. The van der Waals surface area contributed by atoms with E-state index < -0.39 is 15.9 Å². The summed E-state index contributed by atoms with van der Waals surface area (Å²) in [6.45, 7) is 0. The molecule has 96 valence electrons. The minimum Gasteiger partial charge on any atom is -0.388 e. The molecule has 0 spiro atoms. The lowest BCUT2D eigenvalue weighted by Crippen LogP contribution is -2.06. The van der Waals surface area contributed by atoms with Crippen LogP contribution in [0.1, 0.15) is 24.5 Å². The van der Waals surface area contributed by atoms with Gasteiger partial charge in [0.1, 0.15) is 15.7 Å². The van der Waals surface area contributed by atoms with Crippen LogP contribution in [-0.2, 0) is 9.84 Å². The highest BCUT2D eigenvalue weighted by Crippen LogP contribution is 2.27. The molecule has 0 fully saturated rings. The molecule has 6 heteroatoms. The molecule has 0 aliphatic heterocycles. The van der Waals surface area contributed by atoms with Gasteiger partial charge in [-0.3, -0.25) is 0 Å². The van der Waals surface area contributed by atoms with Crippen LogP contribution in [0.4, 0.5) is 4.39 Å². The van der Waals surface area contributed by atoms with Crippen molar-refractivity contribution in [2.75, 3.05) is 12.0 Å². The zero-order valence-corrected chi connectivity index (χ0v) is 11.8. The van der Waals surface area contributed by atoms with Crippen molar-refractivity contribution in [2.45, 2.75) is 18.9 Å². The molecule has 1 rings (SSSR count). The first-order valence-electron chi connectivity index (χ1n) is 5.10. The maximum Gasteiger partial charge on any atom is 0.147 e. The van der Waals surface area contributed by atoms with Crippen molar-refractivity contribution in [1.29, 1.82) is 0 Å². The molecule has 0 amide bonds. The number of aliphatic hydroxyl groups excluding tert-OH is 1. The maximum atomic E-state index is 12.8. The van der Waals surface area contributed by atoms with Gasteiger partial charge >= 0.3 is 0 Å². The summed E-state index contributed by atoms with van der Waals surface area (Å²) in [5.74, 6) is -0.341. The molecular weight excluding hydrogens is 311 g/mol. The van der Waals surface area contributed by atoms with Gasteiger partial charge in [0, 0.05) is 16.5 Å². The highest BCUT2D eigenvalue weighted by Gasteiger charge is 2.13. The van der Waals surface area contributed by atoms with E-state index >= 15 is 0 Å². The number of halogens is 2. The molecule has 0 bridgehead atoms. The van der Waals surface area contributed by atoms with E-state index in [0.29, 0.717) is 22.9 Å². The molecule has 0 aliphatic carbocycles. The maximum absolute atomic E-state index is 12.8. The molecule has 1 N–H and O–H groups in total.